The number of hydrogen-bond donors (Lipinski definition) is 1. The van der Waals surface area contributed by atoms with E-state index in [9.17, 15) is 4.79 Å². The van der Waals surface area contributed by atoms with Gasteiger partial charge in [-0.25, -0.2) is 4.79 Å². The number of amides is 2. The molecular weight excluding hydrogens is 250 g/mol. The van der Waals surface area contributed by atoms with Gasteiger partial charge in [0.1, 0.15) is 0 Å². The van der Waals surface area contributed by atoms with Gasteiger partial charge >= 0.3 is 6.03 Å². The van der Waals surface area contributed by atoms with E-state index < -0.39 is 0 Å². The molecule has 0 aliphatic heterocycles. The third kappa shape index (κ3) is 5.26. The van der Waals surface area contributed by atoms with Gasteiger partial charge in [-0.1, -0.05) is 18.2 Å². The van der Waals surface area contributed by atoms with E-state index in [4.69, 9.17) is 0 Å². The number of benzene rings is 1. The number of para-hydroxylation sites is 1. The van der Waals surface area contributed by atoms with Crippen LogP contribution in [-0.2, 0) is 0 Å². The SMILES string of the molecule is CCN(CC)C(=O)NC(C)=CC(C)=Nc1ccccc1. The van der Waals surface area contributed by atoms with E-state index in [-0.39, 0.29) is 6.03 Å². The number of rotatable bonds is 5. The lowest BCUT2D eigenvalue weighted by Gasteiger charge is -2.19. The molecule has 4 nitrogen and oxygen atoms in total. The summed E-state index contributed by atoms with van der Waals surface area (Å²) in [4.78, 5) is 18.1. The number of hydrogen-bond acceptors (Lipinski definition) is 2. The Bertz CT molecular complexity index is 488. The van der Waals surface area contributed by atoms with Crippen molar-refractivity contribution in [1.29, 1.82) is 0 Å². The number of nitrogens with zero attached hydrogens (tertiary/aromatic N) is 2. The molecule has 0 atom stereocenters. The van der Waals surface area contributed by atoms with Crippen molar-refractivity contribution in [1.82, 2.24) is 10.2 Å². The molecule has 108 valence electrons. The molecule has 1 aromatic rings. The lowest BCUT2D eigenvalue weighted by molar-refractivity contribution is 0.206. The summed E-state index contributed by atoms with van der Waals surface area (Å²) in [6, 6.07) is 9.67. The molecule has 2 amide bonds. The zero-order valence-electron chi connectivity index (χ0n) is 12.7. The van der Waals surface area contributed by atoms with Gasteiger partial charge in [0.25, 0.3) is 0 Å². The van der Waals surface area contributed by atoms with E-state index in [1.807, 2.05) is 64.1 Å². The fourth-order valence-corrected chi connectivity index (χ4v) is 1.85. The zero-order valence-corrected chi connectivity index (χ0v) is 12.7. The summed E-state index contributed by atoms with van der Waals surface area (Å²) in [5.41, 5.74) is 2.55. The van der Waals surface area contributed by atoms with Gasteiger partial charge in [0.2, 0.25) is 0 Å². The Kier molecular flexibility index (Phi) is 6.50. The zero-order chi connectivity index (χ0) is 15.0. The van der Waals surface area contributed by atoms with Crippen molar-refractivity contribution in [2.75, 3.05) is 13.1 Å². The normalized spacial score (nSPS) is 12.2. The molecule has 0 aliphatic rings. The van der Waals surface area contributed by atoms with Gasteiger partial charge in [0, 0.05) is 24.5 Å². The first-order chi connectivity index (χ1) is 9.56. The van der Waals surface area contributed by atoms with Gasteiger partial charge in [-0.05, 0) is 45.9 Å². The molecule has 1 N–H and O–H groups in total. The van der Waals surface area contributed by atoms with Crippen molar-refractivity contribution in [3.05, 3.63) is 42.1 Å². The topological polar surface area (TPSA) is 44.7 Å². The molecule has 0 bridgehead atoms. The van der Waals surface area contributed by atoms with Crippen LogP contribution in [0.4, 0.5) is 10.5 Å². The number of aliphatic imine (C=N–C) groups is 1. The van der Waals surface area contributed by atoms with Gasteiger partial charge < -0.3 is 10.2 Å². The molecule has 1 aromatic carbocycles. The standard InChI is InChI=1S/C16H23N3O/c1-5-19(6-2)16(20)18-14(4)12-13(3)17-15-10-8-7-9-11-15/h7-12H,5-6H2,1-4H3,(H,18,20). The van der Waals surface area contributed by atoms with Crippen molar-refractivity contribution >= 4 is 17.4 Å². The van der Waals surface area contributed by atoms with Gasteiger partial charge in [0.15, 0.2) is 0 Å². The van der Waals surface area contributed by atoms with Crippen LogP contribution in [0, 0.1) is 0 Å². The van der Waals surface area contributed by atoms with E-state index in [1.165, 1.54) is 0 Å². The molecule has 0 saturated heterocycles. The number of nitrogens with one attached hydrogen (secondary N) is 1. The maximum Gasteiger partial charge on any atom is 0.321 e. The quantitative estimate of drug-likeness (QED) is 0.816. The van der Waals surface area contributed by atoms with Gasteiger partial charge in [-0.3, -0.25) is 4.99 Å². The van der Waals surface area contributed by atoms with Crippen molar-refractivity contribution in [3.8, 4) is 0 Å². The monoisotopic (exact) mass is 273 g/mol. The predicted molar refractivity (Wildman–Crippen MR) is 84.4 cm³/mol. The Labute approximate surface area is 121 Å². The molecule has 0 saturated carbocycles. The summed E-state index contributed by atoms with van der Waals surface area (Å²) >= 11 is 0. The molecular formula is C16H23N3O. The van der Waals surface area contributed by atoms with Crippen LogP contribution < -0.4 is 5.32 Å². The van der Waals surface area contributed by atoms with E-state index in [2.05, 4.69) is 10.3 Å². The maximum atomic E-state index is 11.9. The first-order valence-corrected chi connectivity index (χ1v) is 6.91. The van der Waals surface area contributed by atoms with Crippen LogP contribution in [0.3, 0.4) is 0 Å². The molecule has 0 spiro atoms. The minimum atomic E-state index is -0.0729. The Morgan fingerprint density at radius 3 is 2.35 bits per heavy atom. The summed E-state index contributed by atoms with van der Waals surface area (Å²) in [7, 11) is 0. The predicted octanol–water partition coefficient (Wildman–Crippen LogP) is 3.73. The van der Waals surface area contributed by atoms with Crippen LogP contribution in [0.1, 0.15) is 27.7 Å². The average Bonchev–Trinajstić information content (AvgIpc) is 2.40. The molecule has 20 heavy (non-hydrogen) atoms. The third-order valence-electron chi connectivity index (χ3n) is 2.84. The van der Waals surface area contributed by atoms with Crippen LogP contribution in [0.25, 0.3) is 0 Å². The Hall–Kier alpha value is -2.10. The Balaban J connectivity index is 2.69. The maximum absolute atomic E-state index is 11.9. The second-order valence-electron chi connectivity index (χ2n) is 4.52. The van der Waals surface area contributed by atoms with Crippen molar-refractivity contribution in [3.63, 3.8) is 0 Å². The van der Waals surface area contributed by atoms with Crippen LogP contribution >= 0.6 is 0 Å². The van der Waals surface area contributed by atoms with E-state index in [0.29, 0.717) is 13.1 Å². The summed E-state index contributed by atoms with van der Waals surface area (Å²) in [5.74, 6) is 0. The number of carbonyl (C=O) groups is 1. The smallest absolute Gasteiger partial charge is 0.321 e. The number of carbonyl (C=O) groups excluding carboxylic acids is 1. The number of allylic oxidation sites excluding steroid dienone is 2. The molecule has 0 radical (unpaired) electrons. The van der Waals surface area contributed by atoms with Gasteiger partial charge in [-0.15, -0.1) is 0 Å². The van der Waals surface area contributed by atoms with E-state index in [1.54, 1.807) is 4.90 Å². The Morgan fingerprint density at radius 1 is 1.20 bits per heavy atom. The average molecular weight is 273 g/mol. The molecule has 0 aromatic heterocycles. The highest BCUT2D eigenvalue weighted by molar-refractivity contribution is 5.95. The molecule has 0 heterocycles. The fourth-order valence-electron chi connectivity index (χ4n) is 1.85. The minimum Gasteiger partial charge on any atom is -0.325 e. The third-order valence-corrected chi connectivity index (χ3v) is 2.84. The van der Waals surface area contributed by atoms with E-state index >= 15 is 0 Å². The van der Waals surface area contributed by atoms with Gasteiger partial charge in [-0.2, -0.15) is 0 Å². The lowest BCUT2D eigenvalue weighted by Crippen LogP contribution is -2.38. The van der Waals surface area contributed by atoms with Crippen LogP contribution in [0.2, 0.25) is 0 Å². The molecule has 4 heteroatoms. The summed E-state index contributed by atoms with van der Waals surface area (Å²) in [6.07, 6.45) is 1.87. The van der Waals surface area contributed by atoms with Crippen LogP contribution in [0.5, 0.6) is 0 Å². The number of urea groups is 1. The van der Waals surface area contributed by atoms with Gasteiger partial charge in [0.05, 0.1) is 5.69 Å². The lowest BCUT2D eigenvalue weighted by atomic mass is 10.3. The summed E-state index contributed by atoms with van der Waals surface area (Å²) < 4.78 is 0. The second-order valence-corrected chi connectivity index (χ2v) is 4.52. The van der Waals surface area contributed by atoms with Crippen LogP contribution in [-0.4, -0.2) is 29.7 Å². The highest BCUT2D eigenvalue weighted by atomic mass is 16.2. The molecule has 1 rings (SSSR count). The van der Waals surface area contributed by atoms with Crippen molar-refractivity contribution in [2.45, 2.75) is 27.7 Å². The van der Waals surface area contributed by atoms with E-state index in [0.717, 1.165) is 17.1 Å². The second kappa shape index (κ2) is 8.15. The molecule has 0 aliphatic carbocycles. The van der Waals surface area contributed by atoms with Crippen molar-refractivity contribution in [2.24, 2.45) is 4.99 Å². The van der Waals surface area contributed by atoms with Crippen LogP contribution in [0.15, 0.2) is 47.1 Å². The molecule has 0 unspecified atom stereocenters. The molecule has 0 fully saturated rings. The first kappa shape index (κ1) is 16.0. The fraction of sp³-hybridized carbons (Fsp3) is 0.375. The summed E-state index contributed by atoms with van der Waals surface area (Å²) in [6.45, 7) is 9.11. The largest absolute Gasteiger partial charge is 0.325 e. The highest BCUT2D eigenvalue weighted by Gasteiger charge is 2.08. The minimum absolute atomic E-state index is 0.0729. The first-order valence-electron chi connectivity index (χ1n) is 6.91. The highest BCUT2D eigenvalue weighted by Crippen LogP contribution is 2.10. The Morgan fingerprint density at radius 2 is 1.80 bits per heavy atom. The summed E-state index contributed by atoms with van der Waals surface area (Å²) in [5, 5.41) is 2.87. The van der Waals surface area contributed by atoms with Crippen molar-refractivity contribution < 1.29 is 4.79 Å².